The second-order valence-corrected chi connectivity index (χ2v) is 5.09. The molecule has 1 aliphatic rings. The SMILES string of the molecule is CCOP(CC1CCNCC1)OCC. The van der Waals surface area contributed by atoms with Crippen LogP contribution in [0.2, 0.25) is 0 Å². The van der Waals surface area contributed by atoms with Crippen molar-refractivity contribution in [2.24, 2.45) is 5.92 Å². The Hall–Kier alpha value is 0.310. The summed E-state index contributed by atoms with van der Waals surface area (Å²) in [6.45, 7) is 7.94. The van der Waals surface area contributed by atoms with E-state index in [9.17, 15) is 0 Å². The van der Waals surface area contributed by atoms with Gasteiger partial charge in [0, 0.05) is 6.16 Å². The van der Waals surface area contributed by atoms with Crippen molar-refractivity contribution in [2.75, 3.05) is 32.5 Å². The zero-order valence-corrected chi connectivity index (χ0v) is 10.2. The van der Waals surface area contributed by atoms with E-state index in [0.717, 1.165) is 38.4 Å². The summed E-state index contributed by atoms with van der Waals surface area (Å²) in [5, 5.41) is 3.38. The van der Waals surface area contributed by atoms with Crippen LogP contribution in [0.1, 0.15) is 26.7 Å². The lowest BCUT2D eigenvalue weighted by atomic mass is 10.0. The molecular formula is C10H22NO2P. The first-order valence-corrected chi connectivity index (χ1v) is 6.97. The molecule has 0 aromatic carbocycles. The lowest BCUT2D eigenvalue weighted by Gasteiger charge is -2.25. The Morgan fingerprint density at radius 3 is 2.21 bits per heavy atom. The van der Waals surface area contributed by atoms with Gasteiger partial charge in [-0.25, -0.2) is 0 Å². The number of nitrogens with one attached hydrogen (secondary N) is 1. The minimum absolute atomic E-state index is 0.611. The van der Waals surface area contributed by atoms with E-state index in [2.05, 4.69) is 5.32 Å². The first kappa shape index (κ1) is 12.4. The van der Waals surface area contributed by atoms with Crippen molar-refractivity contribution in [2.45, 2.75) is 26.7 Å². The summed E-state index contributed by atoms with van der Waals surface area (Å²) in [6, 6.07) is 0. The highest BCUT2D eigenvalue weighted by molar-refractivity contribution is 7.47. The lowest BCUT2D eigenvalue weighted by molar-refractivity contribution is 0.260. The summed E-state index contributed by atoms with van der Waals surface area (Å²) in [5.41, 5.74) is 0. The van der Waals surface area contributed by atoms with Crippen molar-refractivity contribution in [1.29, 1.82) is 0 Å². The van der Waals surface area contributed by atoms with E-state index in [1.807, 2.05) is 13.8 Å². The Balaban J connectivity index is 2.21. The number of hydrogen-bond acceptors (Lipinski definition) is 3. The van der Waals surface area contributed by atoms with Gasteiger partial charge in [-0.1, -0.05) is 0 Å². The summed E-state index contributed by atoms with van der Waals surface area (Å²) < 4.78 is 11.2. The van der Waals surface area contributed by atoms with Crippen LogP contribution >= 0.6 is 8.38 Å². The molecule has 0 unspecified atom stereocenters. The van der Waals surface area contributed by atoms with E-state index in [-0.39, 0.29) is 0 Å². The van der Waals surface area contributed by atoms with Crippen LogP contribution in [0.25, 0.3) is 0 Å². The van der Waals surface area contributed by atoms with Crippen LogP contribution in [0.4, 0.5) is 0 Å². The smallest absolute Gasteiger partial charge is 0.170 e. The molecule has 1 rings (SSSR count). The summed E-state index contributed by atoms with van der Waals surface area (Å²) in [4.78, 5) is 0. The minimum atomic E-state index is -0.611. The van der Waals surface area contributed by atoms with Gasteiger partial charge in [0.25, 0.3) is 0 Å². The molecule has 0 bridgehead atoms. The van der Waals surface area contributed by atoms with Crippen LogP contribution < -0.4 is 5.32 Å². The molecule has 0 spiro atoms. The maximum Gasteiger partial charge on any atom is 0.170 e. The van der Waals surface area contributed by atoms with E-state index in [4.69, 9.17) is 9.05 Å². The van der Waals surface area contributed by atoms with Gasteiger partial charge in [0.15, 0.2) is 8.38 Å². The van der Waals surface area contributed by atoms with Crippen molar-refractivity contribution >= 4 is 8.38 Å². The van der Waals surface area contributed by atoms with Gasteiger partial charge < -0.3 is 14.4 Å². The summed E-state index contributed by atoms with van der Waals surface area (Å²) in [7, 11) is -0.611. The standard InChI is InChI=1S/C10H22NO2P/c1-3-12-14(13-4-2)9-10-5-7-11-8-6-10/h10-11H,3-9H2,1-2H3. The molecule has 84 valence electrons. The van der Waals surface area contributed by atoms with Gasteiger partial charge in [0.2, 0.25) is 0 Å². The summed E-state index contributed by atoms with van der Waals surface area (Å²) >= 11 is 0. The Labute approximate surface area is 88.5 Å². The van der Waals surface area contributed by atoms with Gasteiger partial charge in [-0.15, -0.1) is 0 Å². The molecule has 0 aliphatic carbocycles. The predicted molar refractivity (Wildman–Crippen MR) is 60.6 cm³/mol. The van der Waals surface area contributed by atoms with Crippen LogP contribution in [0, 0.1) is 5.92 Å². The highest BCUT2D eigenvalue weighted by atomic mass is 31.2. The fourth-order valence-electron chi connectivity index (χ4n) is 1.71. The maximum absolute atomic E-state index is 5.61. The predicted octanol–water partition coefficient (Wildman–Crippen LogP) is 2.37. The average Bonchev–Trinajstić information content (AvgIpc) is 2.20. The van der Waals surface area contributed by atoms with Gasteiger partial charge in [0.1, 0.15) is 0 Å². The van der Waals surface area contributed by atoms with Gasteiger partial charge in [-0.3, -0.25) is 0 Å². The molecule has 4 heteroatoms. The van der Waals surface area contributed by atoms with Crippen LogP contribution in [0.15, 0.2) is 0 Å². The Kier molecular flexibility index (Phi) is 6.70. The van der Waals surface area contributed by atoms with Crippen LogP contribution in [-0.2, 0) is 9.05 Å². The zero-order valence-electron chi connectivity index (χ0n) is 9.29. The van der Waals surface area contributed by atoms with E-state index >= 15 is 0 Å². The second-order valence-electron chi connectivity index (χ2n) is 3.54. The van der Waals surface area contributed by atoms with Gasteiger partial charge in [-0.2, -0.15) is 0 Å². The molecule has 0 radical (unpaired) electrons. The average molecular weight is 219 g/mol. The second kappa shape index (κ2) is 7.58. The molecule has 0 aromatic heterocycles. The minimum Gasteiger partial charge on any atom is -0.334 e. The molecule has 0 amide bonds. The van der Waals surface area contributed by atoms with Gasteiger partial charge in [-0.05, 0) is 45.7 Å². The van der Waals surface area contributed by atoms with Gasteiger partial charge >= 0.3 is 0 Å². The number of rotatable bonds is 6. The van der Waals surface area contributed by atoms with E-state index in [0.29, 0.717) is 0 Å². The molecule has 1 N–H and O–H groups in total. The van der Waals surface area contributed by atoms with E-state index < -0.39 is 8.38 Å². The van der Waals surface area contributed by atoms with E-state index in [1.165, 1.54) is 12.8 Å². The summed E-state index contributed by atoms with van der Waals surface area (Å²) in [5.74, 6) is 0.806. The first-order chi connectivity index (χ1) is 6.86. The van der Waals surface area contributed by atoms with Crippen LogP contribution in [-0.4, -0.2) is 32.5 Å². The topological polar surface area (TPSA) is 30.5 Å². The highest BCUT2D eigenvalue weighted by Gasteiger charge is 2.19. The molecule has 0 atom stereocenters. The Bertz CT molecular complexity index is 134. The molecule has 1 saturated heterocycles. The molecule has 0 saturated carbocycles. The largest absolute Gasteiger partial charge is 0.334 e. The van der Waals surface area contributed by atoms with Crippen LogP contribution in [0.5, 0.6) is 0 Å². The molecule has 14 heavy (non-hydrogen) atoms. The third-order valence-corrected chi connectivity index (χ3v) is 4.32. The molecular weight excluding hydrogens is 197 g/mol. The molecule has 1 aliphatic heterocycles. The quantitative estimate of drug-likeness (QED) is 0.696. The maximum atomic E-state index is 5.61. The third-order valence-electron chi connectivity index (χ3n) is 2.41. The molecule has 1 heterocycles. The van der Waals surface area contributed by atoms with Crippen molar-refractivity contribution in [3.05, 3.63) is 0 Å². The molecule has 0 aromatic rings. The third kappa shape index (κ3) is 4.70. The Morgan fingerprint density at radius 2 is 1.71 bits per heavy atom. The van der Waals surface area contributed by atoms with Gasteiger partial charge in [0.05, 0.1) is 13.2 Å². The van der Waals surface area contributed by atoms with Crippen molar-refractivity contribution in [3.63, 3.8) is 0 Å². The molecule has 1 fully saturated rings. The molecule has 3 nitrogen and oxygen atoms in total. The highest BCUT2D eigenvalue weighted by Crippen LogP contribution is 2.41. The fourth-order valence-corrected chi connectivity index (χ4v) is 3.35. The number of piperidine rings is 1. The van der Waals surface area contributed by atoms with Crippen molar-refractivity contribution < 1.29 is 9.05 Å². The Morgan fingerprint density at radius 1 is 1.14 bits per heavy atom. The number of hydrogen-bond donors (Lipinski definition) is 1. The zero-order chi connectivity index (χ0) is 10.2. The van der Waals surface area contributed by atoms with Crippen molar-refractivity contribution in [3.8, 4) is 0 Å². The summed E-state index contributed by atoms with van der Waals surface area (Å²) in [6.07, 6.45) is 3.68. The fraction of sp³-hybridized carbons (Fsp3) is 1.00. The van der Waals surface area contributed by atoms with Crippen molar-refractivity contribution in [1.82, 2.24) is 5.32 Å². The monoisotopic (exact) mass is 219 g/mol. The van der Waals surface area contributed by atoms with E-state index in [1.54, 1.807) is 0 Å². The lowest BCUT2D eigenvalue weighted by Crippen LogP contribution is -2.29. The normalized spacial score (nSPS) is 19.1. The first-order valence-electron chi connectivity index (χ1n) is 5.60. The van der Waals surface area contributed by atoms with Crippen LogP contribution in [0.3, 0.4) is 0 Å².